The molecule has 0 saturated heterocycles. The summed E-state index contributed by atoms with van der Waals surface area (Å²) in [6, 6.07) is 5.93. The molecular formula is C27H32N6O3. The van der Waals surface area contributed by atoms with Crippen molar-refractivity contribution in [2.75, 3.05) is 6.54 Å². The number of benzene rings is 1. The Morgan fingerprint density at radius 1 is 1.25 bits per heavy atom. The van der Waals surface area contributed by atoms with Crippen molar-refractivity contribution in [2.24, 2.45) is 0 Å². The molecule has 3 aromatic heterocycles. The van der Waals surface area contributed by atoms with E-state index in [1.54, 1.807) is 4.57 Å². The molecule has 0 saturated carbocycles. The lowest BCUT2D eigenvalue weighted by Crippen LogP contribution is -2.30. The van der Waals surface area contributed by atoms with E-state index in [9.17, 15) is 9.59 Å². The van der Waals surface area contributed by atoms with Gasteiger partial charge in [-0.1, -0.05) is 42.3 Å². The number of hydrogen-bond acceptors (Lipinski definition) is 6. The quantitative estimate of drug-likeness (QED) is 0.372. The van der Waals surface area contributed by atoms with Gasteiger partial charge in [-0.25, -0.2) is 4.98 Å². The van der Waals surface area contributed by atoms with Crippen molar-refractivity contribution in [3.05, 3.63) is 63.8 Å². The van der Waals surface area contributed by atoms with Crippen molar-refractivity contribution < 1.29 is 9.32 Å². The second-order valence-electron chi connectivity index (χ2n) is 9.89. The largest absolute Gasteiger partial charge is 0.354 e. The Morgan fingerprint density at radius 3 is 2.86 bits per heavy atom. The summed E-state index contributed by atoms with van der Waals surface area (Å²) in [5, 5.41) is 7.87. The minimum Gasteiger partial charge on any atom is -0.354 e. The number of nitrogens with zero attached hydrogens (tertiary/aromatic N) is 5. The molecule has 0 radical (unpaired) electrons. The van der Waals surface area contributed by atoms with E-state index < -0.39 is 0 Å². The van der Waals surface area contributed by atoms with Gasteiger partial charge in [0.2, 0.25) is 11.8 Å². The Morgan fingerprint density at radius 2 is 2.11 bits per heavy atom. The van der Waals surface area contributed by atoms with Crippen LogP contribution in [0, 0.1) is 6.92 Å². The summed E-state index contributed by atoms with van der Waals surface area (Å²) >= 11 is 0. The van der Waals surface area contributed by atoms with Crippen LogP contribution in [0.25, 0.3) is 21.9 Å². The molecule has 4 aromatic rings. The van der Waals surface area contributed by atoms with E-state index in [1.165, 1.54) is 29.3 Å². The Labute approximate surface area is 209 Å². The van der Waals surface area contributed by atoms with Crippen LogP contribution in [0.4, 0.5) is 0 Å². The van der Waals surface area contributed by atoms with Gasteiger partial charge in [0.1, 0.15) is 24.1 Å². The van der Waals surface area contributed by atoms with Crippen molar-refractivity contribution in [1.29, 1.82) is 0 Å². The third-order valence-electron chi connectivity index (χ3n) is 6.74. The predicted octanol–water partition coefficient (Wildman–Crippen LogP) is 4.22. The number of allylic oxidation sites excluding steroid dienone is 1. The summed E-state index contributed by atoms with van der Waals surface area (Å²) in [7, 11) is 0. The first-order valence-corrected chi connectivity index (χ1v) is 12.7. The second kappa shape index (κ2) is 10.1. The molecule has 188 valence electrons. The molecule has 9 nitrogen and oxygen atoms in total. The Balaban J connectivity index is 1.46. The smallest absolute Gasteiger partial charge is 0.278 e. The van der Waals surface area contributed by atoms with Gasteiger partial charge in [-0.2, -0.15) is 4.98 Å². The Kier molecular flexibility index (Phi) is 6.71. The fourth-order valence-corrected chi connectivity index (χ4v) is 4.80. The highest BCUT2D eigenvalue weighted by Crippen LogP contribution is 2.26. The topological polar surface area (TPSA) is 108 Å². The minimum atomic E-state index is -0.252. The van der Waals surface area contributed by atoms with Gasteiger partial charge in [0.25, 0.3) is 5.56 Å². The molecule has 1 aromatic carbocycles. The molecule has 0 unspecified atom stereocenters. The van der Waals surface area contributed by atoms with Crippen LogP contribution in [0.2, 0.25) is 0 Å². The van der Waals surface area contributed by atoms with Crippen LogP contribution in [0.3, 0.4) is 0 Å². The van der Waals surface area contributed by atoms with Gasteiger partial charge in [-0.15, -0.1) is 0 Å². The number of aromatic nitrogens is 5. The van der Waals surface area contributed by atoms with E-state index in [4.69, 9.17) is 4.52 Å². The van der Waals surface area contributed by atoms with Crippen LogP contribution in [0.15, 0.2) is 45.5 Å². The molecule has 1 aliphatic carbocycles. The van der Waals surface area contributed by atoms with Crippen LogP contribution in [-0.4, -0.2) is 36.7 Å². The summed E-state index contributed by atoms with van der Waals surface area (Å²) in [6.45, 7) is 6.71. The van der Waals surface area contributed by atoms with Crippen LogP contribution in [0.5, 0.6) is 0 Å². The molecule has 1 aliphatic rings. The second-order valence-corrected chi connectivity index (χ2v) is 9.89. The SMILES string of the molecule is Cc1ccc2c(c1)c1ncn(Cc3nc(C(C)C)no3)c(=O)c1n2CC(=O)NCCC1=CCCCC1. The molecule has 0 atom stereocenters. The molecule has 1 amide bonds. The lowest BCUT2D eigenvalue weighted by Gasteiger charge is -2.13. The first-order chi connectivity index (χ1) is 17.4. The molecule has 0 fully saturated rings. The van der Waals surface area contributed by atoms with E-state index in [-0.39, 0.29) is 30.5 Å². The molecule has 5 rings (SSSR count). The summed E-state index contributed by atoms with van der Waals surface area (Å²) in [5.74, 6) is 0.935. The van der Waals surface area contributed by atoms with Crippen molar-refractivity contribution in [3.8, 4) is 0 Å². The average molecular weight is 489 g/mol. The number of aryl methyl sites for hydroxylation is 1. The number of rotatable bonds is 8. The zero-order valence-corrected chi connectivity index (χ0v) is 21.1. The minimum absolute atomic E-state index is 0.0428. The molecule has 1 N–H and O–H groups in total. The maximum Gasteiger partial charge on any atom is 0.278 e. The zero-order valence-electron chi connectivity index (χ0n) is 21.1. The summed E-state index contributed by atoms with van der Waals surface area (Å²) in [4.78, 5) is 35.6. The lowest BCUT2D eigenvalue weighted by atomic mass is 9.97. The van der Waals surface area contributed by atoms with Crippen LogP contribution < -0.4 is 10.9 Å². The van der Waals surface area contributed by atoms with Crippen LogP contribution >= 0.6 is 0 Å². The molecular weight excluding hydrogens is 456 g/mol. The van der Waals surface area contributed by atoms with Gasteiger partial charge in [0, 0.05) is 17.8 Å². The predicted molar refractivity (Wildman–Crippen MR) is 138 cm³/mol. The number of fused-ring (bicyclic) bond motifs is 3. The number of carbonyl (C=O) groups is 1. The summed E-state index contributed by atoms with van der Waals surface area (Å²) < 4.78 is 8.57. The highest BCUT2D eigenvalue weighted by Gasteiger charge is 2.20. The van der Waals surface area contributed by atoms with E-state index in [2.05, 4.69) is 26.5 Å². The maximum atomic E-state index is 13.6. The van der Waals surface area contributed by atoms with Crippen molar-refractivity contribution in [3.63, 3.8) is 0 Å². The van der Waals surface area contributed by atoms with Crippen molar-refractivity contribution in [2.45, 2.75) is 71.9 Å². The third kappa shape index (κ3) is 4.82. The van der Waals surface area contributed by atoms with Crippen LogP contribution in [-0.2, 0) is 17.9 Å². The lowest BCUT2D eigenvalue weighted by molar-refractivity contribution is -0.121. The van der Waals surface area contributed by atoms with E-state index in [0.717, 1.165) is 35.7 Å². The van der Waals surface area contributed by atoms with Gasteiger partial charge >= 0.3 is 0 Å². The van der Waals surface area contributed by atoms with Crippen LogP contribution in [0.1, 0.15) is 69.1 Å². The fourth-order valence-electron chi connectivity index (χ4n) is 4.80. The molecule has 0 spiro atoms. The first-order valence-electron chi connectivity index (χ1n) is 12.7. The molecule has 9 heteroatoms. The highest BCUT2D eigenvalue weighted by atomic mass is 16.5. The zero-order chi connectivity index (χ0) is 25.2. The standard InChI is InChI=1S/C27H32N6O3/c1-17(2)26-30-23(36-31-26)15-32-16-29-24-20-13-18(3)9-10-21(20)33(25(24)27(32)35)14-22(34)28-12-11-19-7-5-4-6-8-19/h7,9-10,13,16-17H,4-6,8,11-12,14-15H2,1-3H3,(H,28,34). The first kappa shape index (κ1) is 24.0. The number of hydrogen-bond donors (Lipinski definition) is 1. The van der Waals surface area contributed by atoms with E-state index in [1.807, 2.05) is 39.0 Å². The average Bonchev–Trinajstić information content (AvgIpc) is 3.45. The van der Waals surface area contributed by atoms with E-state index in [0.29, 0.717) is 29.3 Å². The number of carbonyl (C=O) groups excluding carboxylic acids is 1. The number of amides is 1. The van der Waals surface area contributed by atoms with Crippen molar-refractivity contribution >= 4 is 27.8 Å². The third-order valence-corrected chi connectivity index (χ3v) is 6.74. The van der Waals surface area contributed by atoms with Gasteiger partial charge in [0.15, 0.2) is 5.82 Å². The van der Waals surface area contributed by atoms with Gasteiger partial charge in [0.05, 0.1) is 11.8 Å². The number of nitrogens with one attached hydrogen (secondary N) is 1. The van der Waals surface area contributed by atoms with Gasteiger partial charge in [-0.05, 0) is 51.2 Å². The Hall–Kier alpha value is -3.75. The summed E-state index contributed by atoms with van der Waals surface area (Å²) in [5.41, 5.74) is 4.02. The molecule has 0 bridgehead atoms. The van der Waals surface area contributed by atoms with Crippen molar-refractivity contribution in [1.82, 2.24) is 29.6 Å². The normalized spacial score (nSPS) is 14.1. The highest BCUT2D eigenvalue weighted by molar-refractivity contribution is 6.06. The molecule has 3 heterocycles. The maximum absolute atomic E-state index is 13.6. The van der Waals surface area contributed by atoms with E-state index >= 15 is 0 Å². The summed E-state index contributed by atoms with van der Waals surface area (Å²) in [6.07, 6.45) is 9.40. The molecule has 36 heavy (non-hydrogen) atoms. The fraction of sp³-hybridized carbons (Fsp3) is 0.444. The monoisotopic (exact) mass is 488 g/mol. The van der Waals surface area contributed by atoms with Gasteiger partial charge in [-0.3, -0.25) is 14.2 Å². The Bertz CT molecular complexity index is 1510. The molecule has 0 aliphatic heterocycles. The van der Waals surface area contributed by atoms with Gasteiger partial charge < -0.3 is 14.4 Å².